The van der Waals surface area contributed by atoms with E-state index in [2.05, 4.69) is 31.7 Å². The van der Waals surface area contributed by atoms with Crippen molar-refractivity contribution in [2.45, 2.75) is 74.8 Å². The number of imidazole rings is 1. The molecule has 0 radical (unpaired) electrons. The van der Waals surface area contributed by atoms with Gasteiger partial charge in [0, 0.05) is 11.8 Å². The van der Waals surface area contributed by atoms with Crippen LogP contribution in [0.3, 0.4) is 0 Å². The van der Waals surface area contributed by atoms with E-state index in [1.807, 2.05) is 0 Å². The predicted molar refractivity (Wildman–Crippen MR) is 116 cm³/mol. The quantitative estimate of drug-likeness (QED) is 0.195. The number of rotatable bonds is 9. The summed E-state index contributed by atoms with van der Waals surface area (Å²) in [6, 6.07) is 0.312. The molecule has 2 unspecified atom stereocenters. The number of aromatic nitrogens is 4. The molecule has 1 aliphatic carbocycles. The van der Waals surface area contributed by atoms with Gasteiger partial charge in [0.2, 0.25) is 0 Å². The highest BCUT2D eigenvalue weighted by Crippen LogP contribution is 2.39. The Kier molecular flexibility index (Phi) is 7.37. The second-order valence-corrected chi connectivity index (χ2v) is 10.3. The van der Waals surface area contributed by atoms with Gasteiger partial charge in [0.05, 0.1) is 12.9 Å². The topological polar surface area (TPSA) is 172 Å². The number of nitrogens with zero attached hydrogens (tertiary/aromatic N) is 4. The number of fused-ring (bicyclic) bond motifs is 1. The summed E-state index contributed by atoms with van der Waals surface area (Å²) in [4.78, 5) is 31.5. The Labute approximate surface area is 189 Å². The maximum absolute atomic E-state index is 11.0. The summed E-state index contributed by atoms with van der Waals surface area (Å²) >= 11 is 1.51. The third-order valence-electron chi connectivity index (χ3n) is 5.55. The second kappa shape index (κ2) is 9.90. The standard InChI is InChI=1S/C18H28N5O7PS/c1-2-7-32-18-21-15(20-10-5-3-4-6-10)12-16(22-18)23(9-19-12)17-14(25)13(24)11(30-17)8-29-31(26,27)28/h9-11,13-14,17,24-25H,2-8H2,1H3,(H,20,21,22)(H2,26,27,28)/t11-,13?,14?,17-/m1/s1. The van der Waals surface area contributed by atoms with E-state index in [4.69, 9.17) is 14.5 Å². The summed E-state index contributed by atoms with van der Waals surface area (Å²) in [6.07, 6.45) is 1.89. The van der Waals surface area contributed by atoms with Crippen LogP contribution in [0, 0.1) is 0 Å². The van der Waals surface area contributed by atoms with Gasteiger partial charge in [-0.05, 0) is 19.3 Å². The number of hydrogen-bond donors (Lipinski definition) is 5. The highest BCUT2D eigenvalue weighted by Gasteiger charge is 2.45. The van der Waals surface area contributed by atoms with E-state index in [-0.39, 0.29) is 0 Å². The normalized spacial score (nSPS) is 26.9. The SMILES string of the molecule is CCCSc1nc(NC2CCCC2)c2ncn([C@@H]3O[C@H](COP(=O)(O)O)C(O)C3O)c2n1. The fraction of sp³-hybridized carbons (Fsp3) is 0.722. The highest BCUT2D eigenvalue weighted by atomic mass is 32.2. The molecule has 0 aromatic carbocycles. The van der Waals surface area contributed by atoms with Gasteiger partial charge in [0.25, 0.3) is 0 Å². The molecule has 178 valence electrons. The second-order valence-electron chi connectivity index (χ2n) is 7.99. The van der Waals surface area contributed by atoms with Crippen molar-refractivity contribution in [2.75, 3.05) is 17.7 Å². The molecule has 14 heteroatoms. The zero-order chi connectivity index (χ0) is 22.9. The Morgan fingerprint density at radius 3 is 2.72 bits per heavy atom. The van der Waals surface area contributed by atoms with Crippen LogP contribution in [-0.4, -0.2) is 76.2 Å². The van der Waals surface area contributed by atoms with Crippen LogP contribution in [0.4, 0.5) is 5.82 Å². The Hall–Kier alpha value is -1.31. The molecule has 2 aliphatic rings. The van der Waals surface area contributed by atoms with Crippen LogP contribution in [-0.2, 0) is 13.8 Å². The van der Waals surface area contributed by atoms with Crippen LogP contribution in [0.25, 0.3) is 11.2 Å². The summed E-state index contributed by atoms with van der Waals surface area (Å²) in [5.74, 6) is 1.46. The fourth-order valence-electron chi connectivity index (χ4n) is 3.97. The number of aliphatic hydroxyl groups is 2. The van der Waals surface area contributed by atoms with Crippen molar-refractivity contribution < 1.29 is 33.8 Å². The molecule has 0 amide bonds. The van der Waals surface area contributed by atoms with Gasteiger partial charge in [0.15, 0.2) is 28.4 Å². The first-order valence-electron chi connectivity index (χ1n) is 10.6. The van der Waals surface area contributed by atoms with Crippen molar-refractivity contribution in [1.82, 2.24) is 19.5 Å². The van der Waals surface area contributed by atoms with Crippen LogP contribution in [0.1, 0.15) is 45.3 Å². The maximum atomic E-state index is 11.0. The molecule has 2 aromatic rings. The molecule has 1 saturated heterocycles. The van der Waals surface area contributed by atoms with Crippen LogP contribution >= 0.6 is 19.6 Å². The van der Waals surface area contributed by atoms with Crippen molar-refractivity contribution in [3.05, 3.63) is 6.33 Å². The Bertz CT molecular complexity index is 982. The molecule has 32 heavy (non-hydrogen) atoms. The average Bonchev–Trinajstić information content (AvgIpc) is 3.46. The lowest BCUT2D eigenvalue weighted by atomic mass is 10.1. The molecular weight excluding hydrogens is 461 g/mol. The molecule has 5 N–H and O–H groups in total. The largest absolute Gasteiger partial charge is 0.469 e. The third kappa shape index (κ3) is 5.26. The van der Waals surface area contributed by atoms with Crippen molar-refractivity contribution in [2.24, 2.45) is 0 Å². The zero-order valence-corrected chi connectivity index (χ0v) is 19.3. The Morgan fingerprint density at radius 2 is 2.03 bits per heavy atom. The highest BCUT2D eigenvalue weighted by molar-refractivity contribution is 7.99. The molecular formula is C18H28N5O7PS. The zero-order valence-electron chi connectivity index (χ0n) is 17.6. The monoisotopic (exact) mass is 489 g/mol. The lowest BCUT2D eigenvalue weighted by Crippen LogP contribution is -2.33. The van der Waals surface area contributed by atoms with Gasteiger partial charge in [-0.25, -0.2) is 19.5 Å². The van der Waals surface area contributed by atoms with Gasteiger partial charge in [-0.15, -0.1) is 0 Å². The van der Waals surface area contributed by atoms with E-state index < -0.39 is 39.0 Å². The minimum Gasteiger partial charge on any atom is -0.387 e. The maximum Gasteiger partial charge on any atom is 0.469 e. The molecule has 1 aliphatic heterocycles. The number of aliphatic hydroxyl groups excluding tert-OH is 2. The molecule has 0 spiro atoms. The molecule has 12 nitrogen and oxygen atoms in total. The number of phosphoric acid groups is 1. The summed E-state index contributed by atoms with van der Waals surface area (Å²) < 4.78 is 22.7. The van der Waals surface area contributed by atoms with Crippen molar-refractivity contribution in [1.29, 1.82) is 0 Å². The lowest BCUT2D eigenvalue weighted by molar-refractivity contribution is -0.0504. The number of thioether (sulfide) groups is 1. The number of phosphoric ester groups is 1. The van der Waals surface area contributed by atoms with Gasteiger partial charge in [-0.1, -0.05) is 31.5 Å². The smallest absolute Gasteiger partial charge is 0.387 e. The van der Waals surface area contributed by atoms with Crippen molar-refractivity contribution >= 4 is 36.6 Å². The summed E-state index contributed by atoms with van der Waals surface area (Å²) in [5.41, 5.74) is 0.963. The van der Waals surface area contributed by atoms with E-state index in [0.29, 0.717) is 28.2 Å². The van der Waals surface area contributed by atoms with E-state index in [1.54, 1.807) is 0 Å². The average molecular weight is 489 g/mol. The summed E-state index contributed by atoms with van der Waals surface area (Å²) in [5, 5.41) is 24.9. The molecule has 3 heterocycles. The Balaban J connectivity index is 1.64. The number of ether oxygens (including phenoxy) is 1. The van der Waals surface area contributed by atoms with Crippen LogP contribution in [0.2, 0.25) is 0 Å². The first kappa shape index (κ1) is 23.8. The first-order chi connectivity index (χ1) is 15.3. The number of nitrogens with one attached hydrogen (secondary N) is 1. The summed E-state index contributed by atoms with van der Waals surface area (Å²) in [6.45, 7) is 1.49. The number of hydrogen-bond acceptors (Lipinski definition) is 10. The van der Waals surface area contributed by atoms with Crippen molar-refractivity contribution in [3.8, 4) is 0 Å². The molecule has 1 saturated carbocycles. The molecule has 2 aromatic heterocycles. The molecule has 4 rings (SSSR count). The predicted octanol–water partition coefficient (Wildman–Crippen LogP) is 1.41. The van der Waals surface area contributed by atoms with Crippen LogP contribution in [0.15, 0.2) is 11.5 Å². The van der Waals surface area contributed by atoms with E-state index in [9.17, 15) is 14.8 Å². The molecule has 2 fully saturated rings. The minimum atomic E-state index is -4.75. The van der Waals surface area contributed by atoms with Gasteiger partial charge in [-0.3, -0.25) is 9.09 Å². The van der Waals surface area contributed by atoms with Gasteiger partial charge in [-0.2, -0.15) is 0 Å². The lowest BCUT2D eigenvalue weighted by Gasteiger charge is -2.18. The van der Waals surface area contributed by atoms with Crippen molar-refractivity contribution in [3.63, 3.8) is 0 Å². The van der Waals surface area contributed by atoms with Gasteiger partial charge in [0.1, 0.15) is 18.3 Å². The Morgan fingerprint density at radius 1 is 1.28 bits per heavy atom. The molecule has 4 atom stereocenters. The molecule has 0 bridgehead atoms. The first-order valence-corrected chi connectivity index (χ1v) is 13.1. The van der Waals surface area contributed by atoms with Gasteiger partial charge < -0.3 is 30.1 Å². The van der Waals surface area contributed by atoms with E-state index >= 15 is 0 Å². The fourth-order valence-corrected chi connectivity index (χ4v) is 5.01. The van der Waals surface area contributed by atoms with E-state index in [0.717, 1.165) is 37.9 Å². The minimum absolute atomic E-state index is 0.312. The van der Waals surface area contributed by atoms with E-state index in [1.165, 1.54) is 22.7 Å². The third-order valence-corrected chi connectivity index (χ3v) is 7.09. The van der Waals surface area contributed by atoms with Crippen LogP contribution in [0.5, 0.6) is 0 Å². The van der Waals surface area contributed by atoms with Gasteiger partial charge >= 0.3 is 7.82 Å². The van der Waals surface area contributed by atoms with Crippen LogP contribution < -0.4 is 5.32 Å². The summed E-state index contributed by atoms with van der Waals surface area (Å²) in [7, 11) is -4.75. The number of anilines is 1.